The van der Waals surface area contributed by atoms with Gasteiger partial charge in [0.25, 0.3) is 0 Å². The second kappa shape index (κ2) is 8.80. The second-order valence-corrected chi connectivity index (χ2v) is 7.32. The van der Waals surface area contributed by atoms with Gasteiger partial charge < -0.3 is 4.74 Å². The first-order valence-corrected chi connectivity index (χ1v) is 10.2. The van der Waals surface area contributed by atoms with Gasteiger partial charge >= 0.3 is 5.97 Å². The van der Waals surface area contributed by atoms with Crippen LogP contribution >= 0.6 is 0 Å². The van der Waals surface area contributed by atoms with Gasteiger partial charge in [0, 0.05) is 11.1 Å². The first-order chi connectivity index (χ1) is 14.2. The lowest BCUT2D eigenvalue weighted by Gasteiger charge is -2.11. The van der Waals surface area contributed by atoms with Crippen LogP contribution in [0.2, 0.25) is 0 Å². The maximum absolute atomic E-state index is 12.2. The Labute approximate surface area is 172 Å². The van der Waals surface area contributed by atoms with Crippen LogP contribution in [0.25, 0.3) is 0 Å². The standard InChI is InChI=1S/C27H24O2/c1-2-29-27(28)26-6-4-3-5-24(26)17-18-25-19-22-12-11-20-7-9-21(10-8-20)13-15-23(25)16-14-22/h3-10,14,16,19H,2,11-13,15H2,1H3. The van der Waals surface area contributed by atoms with Crippen molar-refractivity contribution in [3.05, 3.63) is 106 Å². The van der Waals surface area contributed by atoms with Crippen molar-refractivity contribution in [2.24, 2.45) is 0 Å². The number of carbonyl (C=O) groups excluding carboxylic acids is 1. The number of hydrogen-bond donors (Lipinski definition) is 0. The van der Waals surface area contributed by atoms with Crippen molar-refractivity contribution in [1.82, 2.24) is 0 Å². The molecular weight excluding hydrogens is 356 g/mol. The highest BCUT2D eigenvalue weighted by Crippen LogP contribution is 2.19. The quantitative estimate of drug-likeness (QED) is 0.454. The highest BCUT2D eigenvalue weighted by molar-refractivity contribution is 5.92. The molecule has 0 atom stereocenters. The van der Waals surface area contributed by atoms with Crippen molar-refractivity contribution in [2.75, 3.05) is 6.61 Å². The summed E-state index contributed by atoms with van der Waals surface area (Å²) in [6, 6.07) is 23.0. The average molecular weight is 380 g/mol. The summed E-state index contributed by atoms with van der Waals surface area (Å²) in [6.45, 7) is 2.17. The molecule has 0 unspecified atom stereocenters. The number of ether oxygens (including phenoxy) is 1. The van der Waals surface area contributed by atoms with Crippen LogP contribution in [0.3, 0.4) is 0 Å². The molecule has 2 nitrogen and oxygen atoms in total. The molecule has 144 valence electrons. The summed E-state index contributed by atoms with van der Waals surface area (Å²) in [5.74, 6) is 6.25. The van der Waals surface area contributed by atoms with Crippen molar-refractivity contribution >= 4 is 5.97 Å². The average Bonchev–Trinajstić information content (AvgIpc) is 2.75. The fourth-order valence-corrected chi connectivity index (χ4v) is 3.67. The maximum atomic E-state index is 12.2. The minimum atomic E-state index is -0.323. The molecule has 0 aliphatic heterocycles. The van der Waals surface area contributed by atoms with Crippen molar-refractivity contribution in [1.29, 1.82) is 0 Å². The smallest absolute Gasteiger partial charge is 0.339 e. The molecule has 3 aromatic carbocycles. The van der Waals surface area contributed by atoms with Crippen molar-refractivity contribution in [2.45, 2.75) is 32.6 Å². The Kier molecular flexibility index (Phi) is 5.77. The largest absolute Gasteiger partial charge is 0.462 e. The molecule has 2 heteroatoms. The first kappa shape index (κ1) is 19.0. The van der Waals surface area contributed by atoms with Crippen LogP contribution in [0.15, 0.2) is 66.7 Å². The van der Waals surface area contributed by atoms with E-state index in [0.29, 0.717) is 17.7 Å². The number of esters is 1. The summed E-state index contributed by atoms with van der Waals surface area (Å²) in [5.41, 5.74) is 7.54. The first-order valence-electron chi connectivity index (χ1n) is 10.2. The summed E-state index contributed by atoms with van der Waals surface area (Å²) >= 11 is 0. The minimum absolute atomic E-state index is 0.323. The van der Waals surface area contributed by atoms with Gasteiger partial charge in [-0.1, -0.05) is 60.4 Å². The minimum Gasteiger partial charge on any atom is -0.462 e. The molecule has 0 N–H and O–H groups in total. The van der Waals surface area contributed by atoms with Crippen LogP contribution in [0.5, 0.6) is 0 Å². The molecule has 0 amide bonds. The van der Waals surface area contributed by atoms with E-state index in [1.165, 1.54) is 22.3 Å². The van der Waals surface area contributed by atoms with Crippen molar-refractivity contribution in [3.63, 3.8) is 0 Å². The molecule has 0 saturated carbocycles. The van der Waals surface area contributed by atoms with Gasteiger partial charge in [-0.05, 0) is 73.1 Å². The topological polar surface area (TPSA) is 26.3 Å². The van der Waals surface area contributed by atoms with Crippen LogP contribution < -0.4 is 0 Å². The molecule has 4 bridgehead atoms. The van der Waals surface area contributed by atoms with Crippen LogP contribution in [0.1, 0.15) is 50.7 Å². The molecule has 0 heterocycles. The van der Waals surface area contributed by atoms with E-state index in [0.717, 1.165) is 31.2 Å². The number of benzene rings is 3. The molecule has 0 aromatic heterocycles. The fourth-order valence-electron chi connectivity index (χ4n) is 3.67. The Morgan fingerprint density at radius 1 is 0.793 bits per heavy atom. The van der Waals surface area contributed by atoms with Crippen molar-refractivity contribution in [3.8, 4) is 11.8 Å². The molecule has 0 saturated heterocycles. The summed E-state index contributed by atoms with van der Waals surface area (Å²) in [4.78, 5) is 12.2. The highest BCUT2D eigenvalue weighted by Gasteiger charge is 2.11. The monoisotopic (exact) mass is 380 g/mol. The number of rotatable bonds is 2. The molecule has 0 radical (unpaired) electrons. The molecule has 3 aromatic rings. The lowest BCUT2D eigenvalue weighted by atomic mass is 9.93. The summed E-state index contributed by atoms with van der Waals surface area (Å²) in [5, 5.41) is 0. The lowest BCUT2D eigenvalue weighted by Crippen LogP contribution is -2.06. The van der Waals surface area contributed by atoms with Gasteiger partial charge in [0.05, 0.1) is 12.2 Å². The van der Waals surface area contributed by atoms with Gasteiger partial charge in [0.15, 0.2) is 0 Å². The molecule has 0 spiro atoms. The normalized spacial score (nSPS) is 12.4. The lowest BCUT2D eigenvalue weighted by molar-refractivity contribution is 0.0526. The Morgan fingerprint density at radius 2 is 1.41 bits per heavy atom. The molecular formula is C27H24O2. The highest BCUT2D eigenvalue weighted by atomic mass is 16.5. The maximum Gasteiger partial charge on any atom is 0.339 e. The van der Waals surface area contributed by atoms with Crippen LogP contribution in [-0.4, -0.2) is 12.6 Å². The van der Waals surface area contributed by atoms with E-state index < -0.39 is 0 Å². The Hall–Kier alpha value is -3.31. The third-order valence-corrected chi connectivity index (χ3v) is 5.34. The van der Waals surface area contributed by atoms with Gasteiger partial charge in [0.1, 0.15) is 0 Å². The Bertz CT molecular complexity index is 1080. The van der Waals surface area contributed by atoms with Crippen LogP contribution in [0, 0.1) is 11.8 Å². The molecule has 7 rings (SSSR count). The van der Waals surface area contributed by atoms with Crippen LogP contribution in [-0.2, 0) is 30.4 Å². The molecule has 4 aliphatic rings. The zero-order chi connectivity index (χ0) is 20.1. The number of hydrogen-bond acceptors (Lipinski definition) is 2. The van der Waals surface area contributed by atoms with Crippen LogP contribution in [0.4, 0.5) is 0 Å². The van der Waals surface area contributed by atoms with Crippen molar-refractivity contribution < 1.29 is 9.53 Å². The van der Waals surface area contributed by atoms with Gasteiger partial charge in [-0.15, -0.1) is 0 Å². The van der Waals surface area contributed by atoms with E-state index in [2.05, 4.69) is 54.3 Å². The Balaban J connectivity index is 1.68. The van der Waals surface area contributed by atoms with Gasteiger partial charge in [-0.2, -0.15) is 0 Å². The second-order valence-electron chi connectivity index (χ2n) is 7.32. The number of carbonyl (C=O) groups is 1. The summed E-state index contributed by atoms with van der Waals surface area (Å²) in [7, 11) is 0. The van der Waals surface area contributed by atoms with Gasteiger partial charge in [0.2, 0.25) is 0 Å². The number of aryl methyl sites for hydroxylation is 4. The fraction of sp³-hybridized carbons (Fsp3) is 0.222. The van der Waals surface area contributed by atoms with E-state index in [9.17, 15) is 4.79 Å². The third-order valence-electron chi connectivity index (χ3n) is 5.34. The Morgan fingerprint density at radius 3 is 2.17 bits per heavy atom. The molecule has 0 fully saturated rings. The predicted octanol–water partition coefficient (Wildman–Crippen LogP) is 5.15. The molecule has 29 heavy (non-hydrogen) atoms. The van der Waals surface area contributed by atoms with Gasteiger partial charge in [-0.25, -0.2) is 4.79 Å². The summed E-state index contributed by atoms with van der Waals surface area (Å²) in [6.07, 6.45) is 3.96. The summed E-state index contributed by atoms with van der Waals surface area (Å²) < 4.78 is 5.17. The SMILES string of the molecule is CCOC(=O)c1ccccc1C#Cc1cc2ccc1CCc1ccc(cc1)CC2. The zero-order valence-electron chi connectivity index (χ0n) is 16.7. The van der Waals surface area contributed by atoms with E-state index >= 15 is 0 Å². The predicted molar refractivity (Wildman–Crippen MR) is 116 cm³/mol. The molecule has 4 aliphatic carbocycles. The zero-order valence-corrected chi connectivity index (χ0v) is 16.7. The third kappa shape index (κ3) is 4.58. The van der Waals surface area contributed by atoms with E-state index in [1.54, 1.807) is 6.07 Å². The van der Waals surface area contributed by atoms with E-state index in [4.69, 9.17) is 4.74 Å². The van der Waals surface area contributed by atoms with E-state index in [-0.39, 0.29) is 5.97 Å². The van der Waals surface area contributed by atoms with Gasteiger partial charge in [-0.3, -0.25) is 0 Å². The van der Waals surface area contributed by atoms with E-state index in [1.807, 2.05) is 25.1 Å².